The molecular weight excluding hydrogens is 281 g/mol. The lowest BCUT2D eigenvalue weighted by molar-refractivity contribution is -0.143. The molecule has 0 rings (SSSR count). The van der Waals surface area contributed by atoms with Crippen molar-refractivity contribution in [3.05, 3.63) is 10.4 Å². The van der Waals surface area contributed by atoms with Crippen molar-refractivity contribution in [1.82, 2.24) is 5.32 Å². The summed E-state index contributed by atoms with van der Waals surface area (Å²) < 4.78 is 24.3. The molecule has 0 heterocycles. The molecule has 0 bridgehead atoms. The van der Waals surface area contributed by atoms with Gasteiger partial charge >= 0.3 is 12.1 Å². The van der Waals surface area contributed by atoms with Gasteiger partial charge in [-0.2, -0.15) is 0 Å². The minimum atomic E-state index is -2.53. The third kappa shape index (κ3) is 9.53. The zero-order valence-electron chi connectivity index (χ0n) is 14.5. The number of aliphatic hydroxyl groups excluding tert-OH is 1. The Hall–Kier alpha value is -1.99. The molecule has 9 nitrogen and oxygen atoms in total. The number of esters is 1. The molecule has 0 aromatic rings. The van der Waals surface area contributed by atoms with Crippen molar-refractivity contribution in [3.8, 4) is 0 Å². The molecule has 0 radical (unpaired) electrons. The number of nitrogens with one attached hydrogen (secondary N) is 1. The highest BCUT2D eigenvalue weighted by Crippen LogP contribution is 2.09. The van der Waals surface area contributed by atoms with E-state index in [1.165, 1.54) is 0 Å². The number of methoxy groups -OCH3 is 1. The van der Waals surface area contributed by atoms with Crippen molar-refractivity contribution in [2.75, 3.05) is 13.6 Å². The molecule has 0 aliphatic carbocycles. The molecule has 0 spiro atoms. The average molecular weight is 305 g/mol. The van der Waals surface area contributed by atoms with E-state index in [4.69, 9.17) is 13.0 Å². The van der Waals surface area contributed by atoms with Gasteiger partial charge in [0, 0.05) is 7.65 Å². The maximum Gasteiger partial charge on any atom is 0.408 e. The molecule has 0 aromatic heterocycles. The van der Waals surface area contributed by atoms with E-state index in [9.17, 15) is 14.7 Å². The zero-order chi connectivity index (χ0) is 18.3. The molecule has 0 aromatic carbocycles. The summed E-state index contributed by atoms with van der Waals surface area (Å²) in [5.41, 5.74) is 7.48. The number of ether oxygens (including phenoxy) is 2. The zero-order valence-corrected chi connectivity index (χ0v) is 12.5. The SMILES string of the molecule is [2H][13C]([2H])(N=[N+]=[N-])C(O)CC[C@H](NC(=O)OC(C)(C)C)C(=O)OC. The van der Waals surface area contributed by atoms with Gasteiger partial charge in [0.1, 0.15) is 11.6 Å². The summed E-state index contributed by atoms with van der Waals surface area (Å²) in [6.07, 6.45) is -2.87. The first-order valence-corrected chi connectivity index (χ1v) is 6.24. The van der Waals surface area contributed by atoms with Crippen LogP contribution in [0.3, 0.4) is 0 Å². The van der Waals surface area contributed by atoms with E-state index in [2.05, 4.69) is 20.1 Å². The second-order valence-electron chi connectivity index (χ2n) is 5.13. The number of carbonyl (C=O) groups excluding carboxylic acids is 2. The lowest BCUT2D eigenvalue weighted by Crippen LogP contribution is -2.44. The minimum absolute atomic E-state index is 0.131. The molecule has 0 saturated carbocycles. The van der Waals surface area contributed by atoms with E-state index in [1.807, 2.05) is 0 Å². The Bertz CT molecular complexity index is 475. The summed E-state index contributed by atoms with van der Waals surface area (Å²) in [4.78, 5) is 25.6. The highest BCUT2D eigenvalue weighted by atomic mass is 16.6. The summed E-state index contributed by atoms with van der Waals surface area (Å²) in [6, 6.07) is -1.13. The number of alkyl carbamates (subject to hydrolysis) is 1. The predicted molar refractivity (Wildman–Crippen MR) is 74.4 cm³/mol. The van der Waals surface area contributed by atoms with E-state index < -0.39 is 36.3 Å². The first-order valence-electron chi connectivity index (χ1n) is 7.24. The van der Waals surface area contributed by atoms with Crippen LogP contribution in [0.15, 0.2) is 5.11 Å². The van der Waals surface area contributed by atoms with E-state index >= 15 is 0 Å². The van der Waals surface area contributed by atoms with Gasteiger partial charge in [0.2, 0.25) is 0 Å². The van der Waals surface area contributed by atoms with E-state index in [1.54, 1.807) is 20.8 Å². The molecule has 0 aliphatic rings. The second kappa shape index (κ2) is 9.04. The summed E-state index contributed by atoms with van der Waals surface area (Å²) in [5.74, 6) is -0.771. The topological polar surface area (TPSA) is 134 Å². The lowest BCUT2D eigenvalue weighted by atomic mass is 10.1. The average Bonchev–Trinajstić information content (AvgIpc) is 2.39. The Morgan fingerprint density at radius 2 is 2.10 bits per heavy atom. The van der Waals surface area contributed by atoms with Gasteiger partial charge in [0.15, 0.2) is 0 Å². The first kappa shape index (κ1) is 15.4. The molecule has 1 amide bonds. The fraction of sp³-hybridized carbons (Fsp3) is 0.833. The number of azide groups is 1. The number of hydrogen-bond donors (Lipinski definition) is 2. The molecule has 2 N–H and O–H groups in total. The van der Waals surface area contributed by atoms with E-state index in [0.29, 0.717) is 0 Å². The smallest absolute Gasteiger partial charge is 0.408 e. The fourth-order valence-corrected chi connectivity index (χ4v) is 1.32. The van der Waals surface area contributed by atoms with Crippen molar-refractivity contribution < 1.29 is 26.9 Å². The summed E-state index contributed by atoms with van der Waals surface area (Å²) >= 11 is 0. The number of carbonyl (C=O) groups is 2. The number of aliphatic hydroxyl groups is 1. The van der Waals surface area contributed by atoms with Gasteiger partial charge in [-0.3, -0.25) is 0 Å². The largest absolute Gasteiger partial charge is 0.467 e. The maximum atomic E-state index is 11.7. The second-order valence-corrected chi connectivity index (χ2v) is 5.13. The van der Waals surface area contributed by atoms with Crippen molar-refractivity contribution >= 4 is 12.1 Å². The molecular formula is C12H22N4O5. The molecule has 0 aliphatic heterocycles. The van der Waals surface area contributed by atoms with Gasteiger partial charge < -0.3 is 19.9 Å². The van der Waals surface area contributed by atoms with Crippen LogP contribution in [0.2, 0.25) is 0 Å². The summed E-state index contributed by atoms with van der Waals surface area (Å²) in [7, 11) is 1.13. The van der Waals surface area contributed by atoms with Crippen LogP contribution in [-0.2, 0) is 14.3 Å². The number of amides is 1. The molecule has 1 unspecified atom stereocenters. The van der Waals surface area contributed by atoms with Crippen molar-refractivity contribution in [2.24, 2.45) is 5.11 Å². The van der Waals surface area contributed by atoms with Crippen LogP contribution in [0.4, 0.5) is 4.79 Å². The molecule has 120 valence electrons. The molecule has 0 saturated heterocycles. The quantitative estimate of drug-likeness (QED) is 0.242. The highest BCUT2D eigenvalue weighted by Gasteiger charge is 2.25. The van der Waals surface area contributed by atoms with Crippen LogP contribution < -0.4 is 5.32 Å². The van der Waals surface area contributed by atoms with Gasteiger partial charge in [-0.05, 0) is 39.1 Å². The Labute approximate surface area is 126 Å². The van der Waals surface area contributed by atoms with Crippen molar-refractivity contribution in [3.63, 3.8) is 0 Å². The highest BCUT2D eigenvalue weighted by molar-refractivity contribution is 5.81. The van der Waals surface area contributed by atoms with Crippen LogP contribution in [0.25, 0.3) is 10.4 Å². The number of hydrogen-bond acceptors (Lipinski definition) is 6. The van der Waals surface area contributed by atoms with Gasteiger partial charge in [0.05, 0.1) is 19.7 Å². The third-order valence-corrected chi connectivity index (χ3v) is 2.16. The Balaban J connectivity index is 4.79. The van der Waals surface area contributed by atoms with Gasteiger partial charge in [0.25, 0.3) is 0 Å². The van der Waals surface area contributed by atoms with Gasteiger partial charge in [-0.15, -0.1) is 0 Å². The Kier molecular flexibility index (Phi) is 6.63. The molecule has 2 atom stereocenters. The van der Waals surface area contributed by atoms with Crippen molar-refractivity contribution in [1.29, 1.82) is 0 Å². The van der Waals surface area contributed by atoms with Crippen LogP contribution in [0.5, 0.6) is 0 Å². The minimum Gasteiger partial charge on any atom is -0.467 e. The standard InChI is InChI=1S/C12H22N4O5/c1-12(2,3)21-11(19)15-9(10(18)20-4)6-5-8(17)7-14-16-13/h8-9,17H,5-7H2,1-4H3,(H,15,19)/t8?,9-/m0/s1/i7+1D2. The van der Waals surface area contributed by atoms with Crippen molar-refractivity contribution in [2.45, 2.75) is 51.4 Å². The third-order valence-electron chi connectivity index (χ3n) is 2.16. The van der Waals surface area contributed by atoms with Crippen LogP contribution in [0.1, 0.15) is 36.4 Å². The van der Waals surface area contributed by atoms with E-state index in [0.717, 1.165) is 7.11 Å². The summed E-state index contributed by atoms with van der Waals surface area (Å²) in [5, 5.41) is 14.8. The molecule has 9 heteroatoms. The van der Waals surface area contributed by atoms with E-state index in [-0.39, 0.29) is 12.8 Å². The number of nitrogens with zero attached hydrogens (tertiary/aromatic N) is 3. The molecule has 21 heavy (non-hydrogen) atoms. The van der Waals surface area contributed by atoms with Crippen LogP contribution >= 0.6 is 0 Å². The predicted octanol–water partition coefficient (Wildman–Crippen LogP) is 1.50. The Morgan fingerprint density at radius 3 is 2.57 bits per heavy atom. The normalized spacial score (nSPS) is 15.7. The first-order chi connectivity index (χ1) is 10.4. The Morgan fingerprint density at radius 1 is 1.48 bits per heavy atom. The molecule has 0 fully saturated rings. The van der Waals surface area contributed by atoms with Gasteiger partial charge in [-0.25, -0.2) is 9.59 Å². The number of rotatable bonds is 7. The lowest BCUT2D eigenvalue weighted by Gasteiger charge is -2.23. The van der Waals surface area contributed by atoms with Gasteiger partial charge in [-0.1, -0.05) is 5.11 Å². The monoisotopic (exact) mass is 305 g/mol. The van der Waals surface area contributed by atoms with Crippen LogP contribution in [0, 0.1) is 0 Å². The maximum absolute atomic E-state index is 11.7. The summed E-state index contributed by atoms with van der Waals surface area (Å²) in [6.45, 7) is 2.43. The van der Waals surface area contributed by atoms with Crippen LogP contribution in [-0.4, -0.2) is 48.5 Å². The fourth-order valence-electron chi connectivity index (χ4n) is 1.32.